The van der Waals surface area contributed by atoms with E-state index in [9.17, 15) is 9.18 Å². The zero-order valence-corrected chi connectivity index (χ0v) is 15.0. The maximum absolute atomic E-state index is 13.8. The maximum atomic E-state index is 13.8. The van der Waals surface area contributed by atoms with Crippen LogP contribution in [0.2, 0.25) is 10.0 Å². The summed E-state index contributed by atoms with van der Waals surface area (Å²) in [5, 5.41) is 3.95. The van der Waals surface area contributed by atoms with Gasteiger partial charge in [-0.2, -0.15) is 0 Å². The minimum Gasteiger partial charge on any atom is -0.366 e. The van der Waals surface area contributed by atoms with Crippen LogP contribution in [-0.2, 0) is 6.54 Å². The van der Waals surface area contributed by atoms with Gasteiger partial charge in [-0.15, -0.1) is 0 Å². The highest BCUT2D eigenvalue weighted by Crippen LogP contribution is 2.22. The van der Waals surface area contributed by atoms with E-state index in [1.54, 1.807) is 35.2 Å². The Morgan fingerprint density at radius 2 is 1.80 bits per heavy atom. The Morgan fingerprint density at radius 3 is 2.48 bits per heavy atom. The molecule has 2 amide bonds. The zero-order valence-electron chi connectivity index (χ0n) is 13.5. The fourth-order valence-corrected chi connectivity index (χ4v) is 3.28. The van der Waals surface area contributed by atoms with Crippen molar-refractivity contribution in [3.8, 4) is 0 Å². The quantitative estimate of drug-likeness (QED) is 0.865. The van der Waals surface area contributed by atoms with E-state index in [0.29, 0.717) is 48.5 Å². The number of piperazine rings is 1. The predicted molar refractivity (Wildman–Crippen MR) is 98.9 cm³/mol. The number of hydrogen-bond acceptors (Lipinski definition) is 2. The highest BCUT2D eigenvalue weighted by atomic mass is 35.5. The van der Waals surface area contributed by atoms with Gasteiger partial charge in [0.15, 0.2) is 0 Å². The van der Waals surface area contributed by atoms with Gasteiger partial charge in [-0.3, -0.25) is 0 Å². The number of halogens is 3. The zero-order chi connectivity index (χ0) is 17.8. The molecule has 0 aliphatic carbocycles. The van der Waals surface area contributed by atoms with Gasteiger partial charge in [0.2, 0.25) is 0 Å². The molecule has 0 radical (unpaired) electrons. The van der Waals surface area contributed by atoms with Crippen molar-refractivity contribution in [1.29, 1.82) is 0 Å². The average molecular weight is 382 g/mol. The number of nitrogens with one attached hydrogen (secondary N) is 1. The molecule has 1 N–H and O–H groups in total. The highest BCUT2D eigenvalue weighted by Gasteiger charge is 2.22. The molecule has 4 nitrogen and oxygen atoms in total. The number of hydrogen-bond donors (Lipinski definition) is 1. The molecule has 7 heteroatoms. The number of nitrogens with zero attached hydrogens (tertiary/aromatic N) is 2. The molecule has 3 rings (SSSR count). The van der Waals surface area contributed by atoms with E-state index >= 15 is 0 Å². The van der Waals surface area contributed by atoms with Crippen molar-refractivity contribution >= 4 is 34.9 Å². The topological polar surface area (TPSA) is 35.6 Å². The van der Waals surface area contributed by atoms with Gasteiger partial charge in [-0.25, -0.2) is 9.18 Å². The Kier molecular flexibility index (Phi) is 5.66. The molecule has 0 aromatic heterocycles. The Labute approximate surface area is 156 Å². The number of para-hydroxylation sites is 1. The molecule has 132 valence electrons. The molecule has 0 bridgehead atoms. The smallest absolute Gasteiger partial charge is 0.317 e. The van der Waals surface area contributed by atoms with Gasteiger partial charge in [0.05, 0.1) is 5.69 Å². The molecule has 1 fully saturated rings. The van der Waals surface area contributed by atoms with E-state index in [1.807, 2.05) is 11.0 Å². The first-order valence-corrected chi connectivity index (χ1v) is 8.76. The van der Waals surface area contributed by atoms with E-state index in [-0.39, 0.29) is 11.8 Å². The summed E-state index contributed by atoms with van der Waals surface area (Å²) in [6.45, 7) is 2.59. The van der Waals surface area contributed by atoms with E-state index < -0.39 is 0 Å². The standard InChI is InChI=1S/C18H18Cl2FN3O/c19-14-6-5-13(15(20)11-14)12-22-18(25)24-9-7-23(8-10-24)17-4-2-1-3-16(17)21/h1-6,11H,7-10,12H2,(H,22,25). The van der Waals surface area contributed by atoms with Gasteiger partial charge in [0, 0.05) is 42.8 Å². The number of urea groups is 1. The minimum atomic E-state index is -0.238. The van der Waals surface area contributed by atoms with Crippen LogP contribution in [0, 0.1) is 5.82 Å². The van der Waals surface area contributed by atoms with Crippen molar-refractivity contribution in [1.82, 2.24) is 10.2 Å². The Balaban J connectivity index is 1.52. The first-order chi connectivity index (χ1) is 12.0. The van der Waals surface area contributed by atoms with E-state index in [4.69, 9.17) is 23.2 Å². The maximum Gasteiger partial charge on any atom is 0.317 e. The van der Waals surface area contributed by atoms with Crippen LogP contribution in [0.3, 0.4) is 0 Å². The molecular formula is C18H18Cl2FN3O. The summed E-state index contributed by atoms with van der Waals surface area (Å²) in [6.07, 6.45) is 0. The lowest BCUT2D eigenvalue weighted by molar-refractivity contribution is 0.194. The monoisotopic (exact) mass is 381 g/mol. The summed E-state index contributed by atoms with van der Waals surface area (Å²) in [7, 11) is 0. The van der Waals surface area contributed by atoms with E-state index in [2.05, 4.69) is 5.32 Å². The summed E-state index contributed by atoms with van der Waals surface area (Å²) >= 11 is 12.0. The van der Waals surface area contributed by atoms with Crippen LogP contribution in [0.5, 0.6) is 0 Å². The first-order valence-electron chi connectivity index (χ1n) is 8.01. The molecular weight excluding hydrogens is 364 g/mol. The second-order valence-corrected chi connectivity index (χ2v) is 6.66. The number of benzene rings is 2. The lowest BCUT2D eigenvalue weighted by Crippen LogP contribution is -2.51. The van der Waals surface area contributed by atoms with E-state index in [1.165, 1.54) is 6.07 Å². The molecule has 25 heavy (non-hydrogen) atoms. The van der Waals surface area contributed by atoms with Gasteiger partial charge >= 0.3 is 6.03 Å². The molecule has 0 saturated carbocycles. The van der Waals surface area contributed by atoms with Gasteiger partial charge in [0.1, 0.15) is 5.82 Å². The summed E-state index contributed by atoms with van der Waals surface area (Å²) in [4.78, 5) is 16.0. The third kappa shape index (κ3) is 4.35. The van der Waals surface area contributed by atoms with Crippen molar-refractivity contribution in [3.05, 3.63) is 63.9 Å². The SMILES string of the molecule is O=C(NCc1ccc(Cl)cc1Cl)N1CCN(c2ccccc2F)CC1. The van der Waals surface area contributed by atoms with Crippen LogP contribution >= 0.6 is 23.2 Å². The number of carbonyl (C=O) groups excluding carboxylic acids is 1. The summed E-state index contributed by atoms with van der Waals surface area (Å²) in [5.74, 6) is -0.238. The second kappa shape index (κ2) is 7.93. The van der Waals surface area contributed by atoms with Crippen LogP contribution in [-0.4, -0.2) is 37.1 Å². The third-order valence-corrected chi connectivity index (χ3v) is 4.79. The molecule has 0 atom stereocenters. The Morgan fingerprint density at radius 1 is 1.08 bits per heavy atom. The van der Waals surface area contributed by atoms with Crippen molar-refractivity contribution in [2.75, 3.05) is 31.1 Å². The molecule has 0 unspecified atom stereocenters. The number of carbonyl (C=O) groups is 1. The van der Waals surface area contributed by atoms with Gasteiger partial charge in [0.25, 0.3) is 0 Å². The molecule has 2 aromatic rings. The Bertz CT molecular complexity index is 764. The number of rotatable bonds is 3. The van der Waals surface area contributed by atoms with Crippen LogP contribution in [0.25, 0.3) is 0 Å². The molecule has 1 saturated heterocycles. The molecule has 1 heterocycles. The van der Waals surface area contributed by atoms with Crippen LogP contribution in [0.4, 0.5) is 14.9 Å². The lowest BCUT2D eigenvalue weighted by atomic mass is 10.2. The number of anilines is 1. The van der Waals surface area contributed by atoms with E-state index in [0.717, 1.165) is 5.56 Å². The van der Waals surface area contributed by atoms with Crippen molar-refractivity contribution in [2.24, 2.45) is 0 Å². The minimum absolute atomic E-state index is 0.154. The third-order valence-electron chi connectivity index (χ3n) is 4.21. The summed E-state index contributed by atoms with van der Waals surface area (Å²) < 4.78 is 13.8. The van der Waals surface area contributed by atoms with Crippen molar-refractivity contribution in [2.45, 2.75) is 6.54 Å². The molecule has 1 aliphatic heterocycles. The predicted octanol–water partition coefficient (Wildman–Crippen LogP) is 4.16. The van der Waals surface area contributed by atoms with Crippen LogP contribution in [0.1, 0.15) is 5.56 Å². The van der Waals surface area contributed by atoms with Gasteiger partial charge in [-0.05, 0) is 29.8 Å². The summed E-state index contributed by atoms with van der Waals surface area (Å²) in [5.41, 5.74) is 1.39. The number of amides is 2. The summed E-state index contributed by atoms with van der Waals surface area (Å²) in [6, 6.07) is 11.7. The molecule has 1 aliphatic rings. The normalized spacial score (nSPS) is 14.5. The van der Waals surface area contributed by atoms with Gasteiger partial charge < -0.3 is 15.1 Å². The fraction of sp³-hybridized carbons (Fsp3) is 0.278. The molecule has 0 spiro atoms. The highest BCUT2D eigenvalue weighted by molar-refractivity contribution is 6.35. The van der Waals surface area contributed by atoms with Crippen molar-refractivity contribution < 1.29 is 9.18 Å². The van der Waals surface area contributed by atoms with Gasteiger partial charge in [-0.1, -0.05) is 41.4 Å². The Hall–Kier alpha value is -1.98. The van der Waals surface area contributed by atoms with Crippen molar-refractivity contribution in [3.63, 3.8) is 0 Å². The fourth-order valence-electron chi connectivity index (χ4n) is 2.81. The first kappa shape index (κ1) is 17.8. The molecule has 2 aromatic carbocycles. The lowest BCUT2D eigenvalue weighted by Gasteiger charge is -2.36. The average Bonchev–Trinajstić information content (AvgIpc) is 2.61. The van der Waals surface area contributed by atoms with Crippen LogP contribution in [0.15, 0.2) is 42.5 Å². The van der Waals surface area contributed by atoms with Crippen LogP contribution < -0.4 is 10.2 Å². The largest absolute Gasteiger partial charge is 0.366 e. The second-order valence-electron chi connectivity index (χ2n) is 5.82.